The van der Waals surface area contributed by atoms with Crippen molar-refractivity contribution >= 4 is 12.4 Å². The Balaban J connectivity index is 0. The highest BCUT2D eigenvalue weighted by atomic mass is 35.5. The first-order valence-corrected chi connectivity index (χ1v) is 3.10. The van der Waals surface area contributed by atoms with Crippen molar-refractivity contribution in [2.75, 3.05) is 27.2 Å². The summed E-state index contributed by atoms with van der Waals surface area (Å²) < 4.78 is 0. The molecule has 3 nitrogen and oxygen atoms in total. The van der Waals surface area contributed by atoms with Gasteiger partial charge in [-0.3, -0.25) is 0 Å². The molecule has 64 valence electrons. The third kappa shape index (κ3) is 8.17. The van der Waals surface area contributed by atoms with Crippen molar-refractivity contribution in [1.29, 1.82) is 0 Å². The van der Waals surface area contributed by atoms with E-state index in [0.717, 1.165) is 6.54 Å². The third-order valence-electron chi connectivity index (χ3n) is 1.12. The van der Waals surface area contributed by atoms with Gasteiger partial charge in [-0.05, 0) is 20.5 Å². The molecule has 10 heavy (non-hydrogen) atoms. The van der Waals surface area contributed by atoms with Crippen LogP contribution in [0.5, 0.6) is 0 Å². The van der Waals surface area contributed by atoms with Crippen molar-refractivity contribution in [3.05, 3.63) is 0 Å². The fourth-order valence-electron chi connectivity index (χ4n) is 0.499. The highest BCUT2D eigenvalue weighted by Gasteiger charge is 2.00. The van der Waals surface area contributed by atoms with E-state index in [-0.39, 0.29) is 19.0 Å². The maximum Gasteiger partial charge on any atom is 0.0783 e. The fourth-order valence-corrected chi connectivity index (χ4v) is 0.499. The smallest absolute Gasteiger partial charge is 0.0783 e. The number of aliphatic hydroxyl groups excluding tert-OH is 2. The zero-order valence-corrected chi connectivity index (χ0v) is 7.27. The van der Waals surface area contributed by atoms with Crippen LogP contribution < -0.4 is 0 Å². The number of halogens is 1. The van der Waals surface area contributed by atoms with Crippen LogP contribution in [0.3, 0.4) is 0 Å². The number of hydrogen-bond donors (Lipinski definition) is 2. The van der Waals surface area contributed by atoms with E-state index in [4.69, 9.17) is 10.2 Å². The summed E-state index contributed by atoms with van der Waals surface area (Å²) in [4.78, 5) is 1.97. The van der Waals surface area contributed by atoms with Crippen LogP contribution in [0, 0.1) is 0 Å². The summed E-state index contributed by atoms with van der Waals surface area (Å²) in [6, 6.07) is 0. The summed E-state index contributed by atoms with van der Waals surface area (Å²) in [5.41, 5.74) is 0. The van der Waals surface area contributed by atoms with Gasteiger partial charge < -0.3 is 15.1 Å². The van der Waals surface area contributed by atoms with Crippen LogP contribution in [0.15, 0.2) is 0 Å². The molecule has 0 spiro atoms. The molecule has 1 atom stereocenters. The van der Waals surface area contributed by atoms with E-state index < -0.39 is 6.10 Å². The monoisotopic (exact) mass is 169 g/mol. The largest absolute Gasteiger partial charge is 0.394 e. The number of nitrogens with zero attached hydrogens (tertiary/aromatic N) is 1. The molecule has 0 bridgehead atoms. The van der Waals surface area contributed by atoms with Gasteiger partial charge in [-0.15, -0.1) is 12.4 Å². The first-order chi connectivity index (χ1) is 4.16. The Kier molecular flexibility index (Phi) is 9.33. The van der Waals surface area contributed by atoms with E-state index in [1.807, 2.05) is 19.0 Å². The van der Waals surface area contributed by atoms with Crippen molar-refractivity contribution in [2.24, 2.45) is 0 Å². The third-order valence-corrected chi connectivity index (χ3v) is 1.12. The summed E-state index contributed by atoms with van der Waals surface area (Å²) in [7, 11) is 3.87. The highest BCUT2D eigenvalue weighted by molar-refractivity contribution is 5.85. The van der Waals surface area contributed by atoms with Crippen LogP contribution in [-0.2, 0) is 0 Å². The minimum absolute atomic E-state index is 0. The Morgan fingerprint density at radius 1 is 1.40 bits per heavy atom. The van der Waals surface area contributed by atoms with Crippen molar-refractivity contribution in [3.63, 3.8) is 0 Å². The molecule has 0 aliphatic rings. The van der Waals surface area contributed by atoms with Gasteiger partial charge in [0, 0.05) is 6.54 Å². The van der Waals surface area contributed by atoms with E-state index in [1.54, 1.807) is 0 Å². The molecule has 0 saturated heterocycles. The van der Waals surface area contributed by atoms with Gasteiger partial charge in [-0.2, -0.15) is 0 Å². The lowest BCUT2D eigenvalue weighted by Gasteiger charge is -2.11. The van der Waals surface area contributed by atoms with Crippen molar-refractivity contribution < 1.29 is 10.2 Å². The van der Waals surface area contributed by atoms with E-state index in [2.05, 4.69) is 0 Å². The summed E-state index contributed by atoms with van der Waals surface area (Å²) in [5, 5.41) is 17.2. The summed E-state index contributed by atoms with van der Waals surface area (Å²) >= 11 is 0. The summed E-state index contributed by atoms with van der Waals surface area (Å²) in [6.45, 7) is 0.690. The normalized spacial score (nSPS) is 12.9. The molecule has 0 radical (unpaired) electrons. The summed E-state index contributed by atoms with van der Waals surface area (Å²) in [5.74, 6) is 0. The van der Waals surface area contributed by atoms with Crippen molar-refractivity contribution in [1.82, 2.24) is 4.90 Å². The summed E-state index contributed by atoms with van der Waals surface area (Å²) in [6.07, 6.45) is 0.0937. The SMILES string of the molecule is CN(C)CCC(O)CO.Cl. The van der Waals surface area contributed by atoms with Gasteiger partial charge in [0.25, 0.3) is 0 Å². The average molecular weight is 170 g/mol. The molecular formula is C6H16ClNO2. The molecule has 0 aromatic heterocycles. The van der Waals surface area contributed by atoms with Crippen LogP contribution >= 0.6 is 12.4 Å². The van der Waals surface area contributed by atoms with Crippen LogP contribution in [0.25, 0.3) is 0 Å². The van der Waals surface area contributed by atoms with Gasteiger partial charge >= 0.3 is 0 Å². The Morgan fingerprint density at radius 3 is 2.20 bits per heavy atom. The molecule has 0 rings (SSSR count). The van der Waals surface area contributed by atoms with Crippen molar-refractivity contribution in [2.45, 2.75) is 12.5 Å². The molecule has 0 aromatic carbocycles. The molecular weight excluding hydrogens is 154 g/mol. The van der Waals surface area contributed by atoms with E-state index in [0.29, 0.717) is 6.42 Å². The van der Waals surface area contributed by atoms with E-state index >= 15 is 0 Å². The quantitative estimate of drug-likeness (QED) is 0.608. The van der Waals surface area contributed by atoms with Crippen LogP contribution in [0.2, 0.25) is 0 Å². The minimum Gasteiger partial charge on any atom is -0.394 e. The molecule has 0 heterocycles. The lowest BCUT2D eigenvalue weighted by molar-refractivity contribution is 0.0820. The fraction of sp³-hybridized carbons (Fsp3) is 1.00. The Bertz CT molecular complexity index is 70.8. The average Bonchev–Trinajstić information content (AvgIpc) is 1.83. The molecule has 0 aliphatic carbocycles. The molecule has 0 aromatic rings. The van der Waals surface area contributed by atoms with Crippen LogP contribution in [0.4, 0.5) is 0 Å². The maximum atomic E-state index is 8.83. The van der Waals surface area contributed by atoms with Gasteiger partial charge in [-0.1, -0.05) is 0 Å². The zero-order chi connectivity index (χ0) is 7.28. The van der Waals surface area contributed by atoms with E-state index in [1.165, 1.54) is 0 Å². The van der Waals surface area contributed by atoms with Gasteiger partial charge in [0.05, 0.1) is 12.7 Å². The maximum absolute atomic E-state index is 8.83. The molecule has 4 heteroatoms. The van der Waals surface area contributed by atoms with Crippen LogP contribution in [0.1, 0.15) is 6.42 Å². The second-order valence-corrected chi connectivity index (χ2v) is 2.43. The lowest BCUT2D eigenvalue weighted by Crippen LogP contribution is -2.21. The highest BCUT2D eigenvalue weighted by Crippen LogP contribution is 1.89. The van der Waals surface area contributed by atoms with Gasteiger partial charge in [0.15, 0.2) is 0 Å². The van der Waals surface area contributed by atoms with Gasteiger partial charge in [0.1, 0.15) is 0 Å². The molecule has 0 fully saturated rings. The first kappa shape index (κ1) is 12.8. The standard InChI is InChI=1S/C6H15NO2.ClH/c1-7(2)4-3-6(9)5-8;/h6,8-9H,3-5H2,1-2H3;1H. The molecule has 0 aliphatic heterocycles. The Hall–Kier alpha value is 0.170. The molecule has 2 N–H and O–H groups in total. The second-order valence-electron chi connectivity index (χ2n) is 2.43. The van der Waals surface area contributed by atoms with Gasteiger partial charge in [-0.25, -0.2) is 0 Å². The predicted octanol–water partition coefficient (Wildman–Crippen LogP) is -0.287. The predicted molar refractivity (Wildman–Crippen MR) is 43.5 cm³/mol. The number of hydrogen-bond acceptors (Lipinski definition) is 3. The minimum atomic E-state index is -0.549. The Morgan fingerprint density at radius 2 is 1.90 bits per heavy atom. The Labute approximate surface area is 68.1 Å². The van der Waals surface area contributed by atoms with Gasteiger partial charge in [0.2, 0.25) is 0 Å². The second kappa shape index (κ2) is 7.28. The topological polar surface area (TPSA) is 43.7 Å². The van der Waals surface area contributed by atoms with Crippen molar-refractivity contribution in [3.8, 4) is 0 Å². The first-order valence-electron chi connectivity index (χ1n) is 3.10. The lowest BCUT2D eigenvalue weighted by atomic mass is 10.2. The molecule has 0 amide bonds. The zero-order valence-electron chi connectivity index (χ0n) is 6.45. The molecule has 1 unspecified atom stereocenters. The van der Waals surface area contributed by atoms with Crippen LogP contribution in [-0.4, -0.2) is 48.5 Å². The molecule has 0 saturated carbocycles. The van der Waals surface area contributed by atoms with E-state index in [9.17, 15) is 0 Å². The number of aliphatic hydroxyl groups is 2. The number of rotatable bonds is 4.